The highest BCUT2D eigenvalue weighted by Gasteiger charge is 2.13. The molecule has 0 aliphatic carbocycles. The quantitative estimate of drug-likeness (QED) is 0.896. The molecule has 0 saturated carbocycles. The minimum Gasteiger partial charge on any atom is -0.493 e. The first-order valence-corrected chi connectivity index (χ1v) is 7.12. The molecule has 2 rings (SSSR count). The van der Waals surface area contributed by atoms with Crippen molar-refractivity contribution >= 4 is 39.3 Å². The van der Waals surface area contributed by atoms with Crippen molar-refractivity contribution in [2.75, 3.05) is 11.9 Å². The molecule has 0 spiro atoms. The Balaban J connectivity index is 2.23. The van der Waals surface area contributed by atoms with Gasteiger partial charge in [0, 0.05) is 10.7 Å². The van der Waals surface area contributed by atoms with Gasteiger partial charge in [0.2, 0.25) is 0 Å². The van der Waals surface area contributed by atoms with Gasteiger partial charge in [-0.05, 0) is 37.3 Å². The van der Waals surface area contributed by atoms with Gasteiger partial charge in [0.25, 0.3) is 5.91 Å². The molecule has 1 aromatic heterocycles. The number of benzene rings is 1. The maximum absolute atomic E-state index is 12.3. The molecule has 0 aliphatic heterocycles. The van der Waals surface area contributed by atoms with Crippen molar-refractivity contribution in [3.63, 3.8) is 0 Å². The van der Waals surface area contributed by atoms with E-state index in [1.54, 1.807) is 24.3 Å². The third kappa shape index (κ3) is 3.71. The van der Waals surface area contributed by atoms with Crippen molar-refractivity contribution in [3.05, 3.63) is 51.6 Å². The summed E-state index contributed by atoms with van der Waals surface area (Å²) in [5.74, 6) is 0.675. The molecule has 1 heterocycles. The fraction of sp³-hybridized carbons (Fsp3) is 0.143. The number of ether oxygens (including phenoxy) is 1. The van der Waals surface area contributed by atoms with Crippen LogP contribution in [-0.4, -0.2) is 17.5 Å². The maximum atomic E-state index is 12.3. The number of anilines is 1. The van der Waals surface area contributed by atoms with Crippen LogP contribution in [-0.2, 0) is 0 Å². The number of hydrogen-bond acceptors (Lipinski definition) is 3. The lowest BCUT2D eigenvalue weighted by atomic mass is 10.2. The first kappa shape index (κ1) is 14.8. The van der Waals surface area contributed by atoms with Gasteiger partial charge in [-0.15, -0.1) is 0 Å². The van der Waals surface area contributed by atoms with Gasteiger partial charge in [-0.2, -0.15) is 0 Å². The summed E-state index contributed by atoms with van der Waals surface area (Å²) in [6.45, 7) is 2.35. The fourth-order valence-electron chi connectivity index (χ4n) is 1.59. The van der Waals surface area contributed by atoms with Crippen LogP contribution in [0.4, 0.5) is 5.82 Å². The first-order chi connectivity index (χ1) is 9.60. The number of halogens is 2. The predicted molar refractivity (Wildman–Crippen MR) is 82.5 cm³/mol. The van der Waals surface area contributed by atoms with E-state index in [2.05, 4.69) is 26.2 Å². The Morgan fingerprint density at radius 2 is 2.20 bits per heavy atom. The summed E-state index contributed by atoms with van der Waals surface area (Å²) in [4.78, 5) is 16.3. The molecule has 4 nitrogen and oxygen atoms in total. The van der Waals surface area contributed by atoms with Crippen molar-refractivity contribution in [3.8, 4) is 5.75 Å². The highest BCUT2D eigenvalue weighted by Crippen LogP contribution is 2.24. The average molecular weight is 356 g/mol. The summed E-state index contributed by atoms with van der Waals surface area (Å²) < 4.78 is 6.25. The van der Waals surface area contributed by atoms with Gasteiger partial charge in [-0.1, -0.05) is 27.5 Å². The number of pyridine rings is 1. The van der Waals surface area contributed by atoms with Crippen molar-refractivity contribution in [1.29, 1.82) is 0 Å². The van der Waals surface area contributed by atoms with Gasteiger partial charge < -0.3 is 10.1 Å². The van der Waals surface area contributed by atoms with E-state index < -0.39 is 0 Å². The minimum atomic E-state index is -0.287. The largest absolute Gasteiger partial charge is 0.493 e. The second-order valence-electron chi connectivity index (χ2n) is 3.89. The summed E-state index contributed by atoms with van der Waals surface area (Å²) in [5.41, 5.74) is 0.443. The lowest BCUT2D eigenvalue weighted by Crippen LogP contribution is -2.14. The van der Waals surface area contributed by atoms with Gasteiger partial charge in [0.15, 0.2) is 0 Å². The number of nitrogens with one attached hydrogen (secondary N) is 1. The summed E-state index contributed by atoms with van der Waals surface area (Å²) in [5, 5.41) is 3.22. The first-order valence-electron chi connectivity index (χ1n) is 5.95. The van der Waals surface area contributed by atoms with Crippen LogP contribution in [0.1, 0.15) is 17.3 Å². The van der Waals surface area contributed by atoms with Crippen LogP contribution in [0.15, 0.2) is 41.0 Å². The number of amides is 1. The lowest BCUT2D eigenvalue weighted by molar-refractivity contribution is 0.102. The Morgan fingerprint density at radius 3 is 2.85 bits per heavy atom. The van der Waals surface area contributed by atoms with Gasteiger partial charge >= 0.3 is 0 Å². The topological polar surface area (TPSA) is 51.2 Å². The molecule has 0 bridgehead atoms. The summed E-state index contributed by atoms with van der Waals surface area (Å²) in [7, 11) is 0. The van der Waals surface area contributed by atoms with Gasteiger partial charge in [0.05, 0.1) is 17.2 Å². The number of carbonyl (C=O) groups excluding carboxylic acids is 1. The SMILES string of the molecule is CCOc1ccc(Br)cc1C(=O)Nc1ccc(Cl)cn1. The molecule has 0 saturated heterocycles. The Labute approximate surface area is 130 Å². The van der Waals surface area contributed by atoms with Crippen molar-refractivity contribution in [2.24, 2.45) is 0 Å². The molecule has 104 valence electrons. The zero-order valence-electron chi connectivity index (χ0n) is 10.7. The second kappa shape index (κ2) is 6.72. The van der Waals surface area contributed by atoms with Crippen LogP contribution in [0.25, 0.3) is 0 Å². The molecule has 1 aromatic carbocycles. The summed E-state index contributed by atoms with van der Waals surface area (Å²) in [6, 6.07) is 8.57. The van der Waals surface area contributed by atoms with E-state index in [0.29, 0.717) is 28.8 Å². The third-order valence-corrected chi connectivity index (χ3v) is 3.17. The smallest absolute Gasteiger partial charge is 0.260 e. The summed E-state index contributed by atoms with van der Waals surface area (Å²) >= 11 is 9.09. The molecule has 6 heteroatoms. The number of nitrogens with zero attached hydrogens (tertiary/aromatic N) is 1. The van der Waals surface area contributed by atoms with E-state index >= 15 is 0 Å². The van der Waals surface area contributed by atoms with Crippen molar-refractivity contribution in [2.45, 2.75) is 6.92 Å². The van der Waals surface area contributed by atoms with Crippen LogP contribution in [0, 0.1) is 0 Å². The number of hydrogen-bond donors (Lipinski definition) is 1. The molecular weight excluding hydrogens is 344 g/mol. The van der Waals surface area contributed by atoms with Gasteiger partial charge in [0.1, 0.15) is 11.6 Å². The number of rotatable bonds is 4. The van der Waals surface area contributed by atoms with E-state index in [-0.39, 0.29) is 5.91 Å². The Kier molecular flexibility index (Phi) is 4.98. The van der Waals surface area contributed by atoms with Crippen LogP contribution < -0.4 is 10.1 Å². The van der Waals surface area contributed by atoms with Crippen molar-refractivity contribution in [1.82, 2.24) is 4.98 Å². The number of aromatic nitrogens is 1. The van der Waals surface area contributed by atoms with Crippen LogP contribution in [0.5, 0.6) is 5.75 Å². The standard InChI is InChI=1S/C14H12BrClN2O2/c1-2-20-12-5-3-9(15)7-11(12)14(19)18-13-6-4-10(16)8-17-13/h3-8H,2H2,1H3,(H,17,18,19). The fourth-order valence-corrected chi connectivity index (χ4v) is 2.07. The third-order valence-electron chi connectivity index (χ3n) is 2.46. The van der Waals surface area contributed by atoms with E-state index in [1.165, 1.54) is 6.20 Å². The summed E-state index contributed by atoms with van der Waals surface area (Å²) in [6.07, 6.45) is 1.47. The molecule has 2 aromatic rings. The zero-order chi connectivity index (χ0) is 14.5. The van der Waals surface area contributed by atoms with Gasteiger partial charge in [-0.25, -0.2) is 4.98 Å². The predicted octanol–water partition coefficient (Wildman–Crippen LogP) is 4.15. The molecule has 20 heavy (non-hydrogen) atoms. The molecule has 0 aliphatic rings. The molecule has 0 radical (unpaired) electrons. The van der Waals surface area contributed by atoms with Gasteiger partial charge in [-0.3, -0.25) is 4.79 Å². The Morgan fingerprint density at radius 1 is 1.40 bits per heavy atom. The van der Waals surface area contributed by atoms with Crippen LogP contribution in [0.2, 0.25) is 5.02 Å². The molecule has 0 atom stereocenters. The van der Waals surface area contributed by atoms with E-state index in [9.17, 15) is 4.79 Å². The molecule has 1 amide bonds. The zero-order valence-corrected chi connectivity index (χ0v) is 13.0. The normalized spacial score (nSPS) is 10.2. The van der Waals surface area contributed by atoms with Crippen LogP contribution >= 0.6 is 27.5 Å². The van der Waals surface area contributed by atoms with Crippen LogP contribution in [0.3, 0.4) is 0 Å². The molecule has 0 unspecified atom stereocenters. The van der Waals surface area contributed by atoms with Crippen molar-refractivity contribution < 1.29 is 9.53 Å². The highest BCUT2D eigenvalue weighted by atomic mass is 79.9. The monoisotopic (exact) mass is 354 g/mol. The number of carbonyl (C=O) groups is 1. The second-order valence-corrected chi connectivity index (χ2v) is 5.24. The molecule has 1 N–H and O–H groups in total. The Bertz CT molecular complexity index is 617. The maximum Gasteiger partial charge on any atom is 0.260 e. The average Bonchev–Trinajstić information content (AvgIpc) is 2.43. The van der Waals surface area contributed by atoms with E-state index in [1.807, 2.05) is 13.0 Å². The van der Waals surface area contributed by atoms with E-state index in [0.717, 1.165) is 4.47 Å². The Hall–Kier alpha value is -1.59. The lowest BCUT2D eigenvalue weighted by Gasteiger charge is -2.10. The molecule has 0 fully saturated rings. The highest BCUT2D eigenvalue weighted by molar-refractivity contribution is 9.10. The molecular formula is C14H12BrClN2O2. The minimum absolute atomic E-state index is 0.287. The van der Waals surface area contributed by atoms with E-state index in [4.69, 9.17) is 16.3 Å².